The predicted molar refractivity (Wildman–Crippen MR) is 153 cm³/mol. The maximum atomic E-state index is 10.9. The number of aromatic nitrogens is 2. The van der Waals surface area contributed by atoms with E-state index in [0.29, 0.717) is 23.9 Å². The van der Waals surface area contributed by atoms with E-state index in [9.17, 15) is 4.79 Å². The first-order valence-corrected chi connectivity index (χ1v) is 13.7. The summed E-state index contributed by atoms with van der Waals surface area (Å²) in [5, 5.41) is 17.1. The lowest BCUT2D eigenvalue weighted by molar-refractivity contribution is -0.137. The number of carboxylic acids is 1. The lowest BCUT2D eigenvalue weighted by Gasteiger charge is -2.47. The number of benzene rings is 3. The maximum absolute atomic E-state index is 10.9. The van der Waals surface area contributed by atoms with Gasteiger partial charge in [-0.25, -0.2) is 0 Å². The van der Waals surface area contributed by atoms with Crippen LogP contribution < -0.4 is 4.74 Å². The zero-order valence-electron chi connectivity index (χ0n) is 23.2. The highest BCUT2D eigenvalue weighted by molar-refractivity contribution is 5.66. The molecule has 2 heterocycles. The van der Waals surface area contributed by atoms with E-state index in [-0.39, 0.29) is 18.9 Å². The van der Waals surface area contributed by atoms with E-state index < -0.39 is 5.97 Å². The van der Waals surface area contributed by atoms with E-state index in [1.54, 1.807) is 7.11 Å². The Bertz CT molecular complexity index is 1410. The Balaban J connectivity index is 1.41. The first kappa shape index (κ1) is 27.6. The van der Waals surface area contributed by atoms with Crippen LogP contribution in [0.2, 0.25) is 0 Å². The van der Waals surface area contributed by atoms with Gasteiger partial charge in [0.25, 0.3) is 0 Å². The predicted octanol–water partition coefficient (Wildman–Crippen LogP) is 5.45. The molecule has 40 heavy (non-hydrogen) atoms. The van der Waals surface area contributed by atoms with E-state index in [0.717, 1.165) is 36.5 Å². The molecule has 1 saturated heterocycles. The van der Waals surface area contributed by atoms with Crippen molar-refractivity contribution in [3.63, 3.8) is 0 Å². The van der Waals surface area contributed by atoms with Crippen LogP contribution >= 0.6 is 0 Å². The Hall–Kier alpha value is -4.01. The Morgan fingerprint density at radius 1 is 0.975 bits per heavy atom. The SMILES string of the molecule is COc1cccc([C@@H](c2ccc(-c3nnc(CCC(=O)O)o3)cc2)N2C[C@@H](C)N(Cc3ccccc3)C[C@@H]2C)c1. The summed E-state index contributed by atoms with van der Waals surface area (Å²) in [6.07, 6.45) is 0.169. The van der Waals surface area contributed by atoms with Crippen molar-refractivity contribution in [2.75, 3.05) is 20.2 Å². The van der Waals surface area contributed by atoms with Gasteiger partial charge >= 0.3 is 5.97 Å². The minimum absolute atomic E-state index is 0.0364. The summed E-state index contributed by atoms with van der Waals surface area (Å²) in [5.41, 5.74) is 4.48. The third-order valence-electron chi connectivity index (χ3n) is 7.63. The molecular weight excluding hydrogens is 504 g/mol. The third kappa shape index (κ3) is 6.41. The van der Waals surface area contributed by atoms with Crippen molar-refractivity contribution in [2.24, 2.45) is 0 Å². The van der Waals surface area contributed by atoms with Crippen molar-refractivity contribution < 1.29 is 19.1 Å². The van der Waals surface area contributed by atoms with Gasteiger partial charge < -0.3 is 14.3 Å². The fourth-order valence-electron chi connectivity index (χ4n) is 5.50. The molecule has 1 aromatic heterocycles. The average Bonchev–Trinajstić information content (AvgIpc) is 3.45. The summed E-state index contributed by atoms with van der Waals surface area (Å²) in [6, 6.07) is 28.0. The Morgan fingerprint density at radius 2 is 1.75 bits per heavy atom. The molecule has 1 fully saturated rings. The van der Waals surface area contributed by atoms with Gasteiger partial charge in [-0.05, 0) is 54.8 Å². The molecule has 5 rings (SSSR count). The molecule has 0 unspecified atom stereocenters. The number of carboxylic acid groups (broad SMARTS) is 1. The molecule has 0 bridgehead atoms. The topological polar surface area (TPSA) is 91.9 Å². The molecule has 4 aromatic rings. The monoisotopic (exact) mass is 540 g/mol. The molecule has 3 atom stereocenters. The first-order chi connectivity index (χ1) is 19.4. The lowest BCUT2D eigenvalue weighted by Crippen LogP contribution is -2.56. The molecule has 1 N–H and O–H groups in total. The molecule has 1 aliphatic heterocycles. The Kier molecular flexibility index (Phi) is 8.57. The van der Waals surface area contributed by atoms with Crippen LogP contribution in [-0.2, 0) is 17.8 Å². The van der Waals surface area contributed by atoms with E-state index in [4.69, 9.17) is 14.3 Å². The van der Waals surface area contributed by atoms with Gasteiger partial charge in [-0.1, -0.05) is 54.6 Å². The highest BCUT2D eigenvalue weighted by Crippen LogP contribution is 2.36. The fourth-order valence-corrected chi connectivity index (χ4v) is 5.50. The molecule has 8 nitrogen and oxygen atoms in total. The van der Waals surface area contributed by atoms with Gasteiger partial charge in [-0.15, -0.1) is 10.2 Å². The minimum Gasteiger partial charge on any atom is -0.497 e. The number of hydrogen-bond donors (Lipinski definition) is 1. The molecule has 0 radical (unpaired) electrons. The van der Waals surface area contributed by atoms with Crippen LogP contribution in [0.25, 0.3) is 11.5 Å². The van der Waals surface area contributed by atoms with Crippen LogP contribution in [0.4, 0.5) is 0 Å². The van der Waals surface area contributed by atoms with Gasteiger partial charge in [0, 0.05) is 43.7 Å². The van der Waals surface area contributed by atoms with E-state index in [1.165, 1.54) is 11.1 Å². The number of carbonyl (C=O) groups is 1. The molecule has 3 aromatic carbocycles. The van der Waals surface area contributed by atoms with E-state index >= 15 is 0 Å². The van der Waals surface area contributed by atoms with Crippen molar-refractivity contribution in [3.8, 4) is 17.2 Å². The van der Waals surface area contributed by atoms with Crippen LogP contribution in [0.3, 0.4) is 0 Å². The number of ether oxygens (including phenoxy) is 1. The van der Waals surface area contributed by atoms with Crippen LogP contribution in [0, 0.1) is 0 Å². The number of nitrogens with zero attached hydrogens (tertiary/aromatic N) is 4. The smallest absolute Gasteiger partial charge is 0.303 e. The summed E-state index contributed by atoms with van der Waals surface area (Å²) in [7, 11) is 1.70. The molecule has 0 saturated carbocycles. The molecule has 0 spiro atoms. The number of piperazine rings is 1. The lowest BCUT2D eigenvalue weighted by atomic mass is 9.92. The number of hydrogen-bond acceptors (Lipinski definition) is 7. The van der Waals surface area contributed by atoms with Crippen molar-refractivity contribution in [2.45, 2.75) is 51.4 Å². The van der Waals surface area contributed by atoms with Crippen LogP contribution in [0.1, 0.15) is 48.9 Å². The molecule has 1 aliphatic rings. The standard InChI is InChI=1S/C32H36N4O4/c1-22-20-36(23(2)19-35(22)21-24-8-5-4-6-9-24)31(27-10-7-11-28(18-27)39-3)25-12-14-26(15-13-25)32-34-33-29(40-32)16-17-30(37)38/h4-15,18,22-23,31H,16-17,19-21H2,1-3H3,(H,37,38)/t22-,23+,31-/m1/s1. The minimum atomic E-state index is -0.892. The van der Waals surface area contributed by atoms with Gasteiger partial charge in [0.05, 0.1) is 19.6 Å². The first-order valence-electron chi connectivity index (χ1n) is 13.7. The van der Waals surface area contributed by atoms with Crippen LogP contribution in [0.15, 0.2) is 83.3 Å². The molecule has 8 heteroatoms. The maximum Gasteiger partial charge on any atom is 0.303 e. The average molecular weight is 541 g/mol. The Morgan fingerprint density at radius 3 is 2.48 bits per heavy atom. The highest BCUT2D eigenvalue weighted by Gasteiger charge is 2.35. The summed E-state index contributed by atoms with van der Waals surface area (Å²) in [6.45, 7) is 7.45. The normalized spacial score (nSPS) is 18.9. The van der Waals surface area contributed by atoms with Gasteiger partial charge in [0.2, 0.25) is 11.8 Å². The van der Waals surface area contributed by atoms with Gasteiger partial charge in [0.15, 0.2) is 0 Å². The van der Waals surface area contributed by atoms with Gasteiger partial charge in [0.1, 0.15) is 5.75 Å². The number of methoxy groups -OCH3 is 1. The van der Waals surface area contributed by atoms with Crippen LogP contribution in [-0.4, -0.2) is 63.4 Å². The van der Waals surface area contributed by atoms with Gasteiger partial charge in [-0.3, -0.25) is 14.6 Å². The van der Waals surface area contributed by atoms with Gasteiger partial charge in [-0.2, -0.15) is 0 Å². The second-order valence-electron chi connectivity index (χ2n) is 10.5. The third-order valence-corrected chi connectivity index (χ3v) is 7.63. The zero-order chi connectivity index (χ0) is 28.1. The second-order valence-corrected chi connectivity index (χ2v) is 10.5. The van der Waals surface area contributed by atoms with Crippen molar-refractivity contribution in [3.05, 3.63) is 101 Å². The number of aryl methyl sites for hydroxylation is 1. The number of aliphatic carboxylic acids is 1. The quantitative estimate of drug-likeness (QED) is 0.284. The van der Waals surface area contributed by atoms with E-state index in [1.807, 2.05) is 24.3 Å². The van der Waals surface area contributed by atoms with Crippen molar-refractivity contribution in [1.29, 1.82) is 0 Å². The summed E-state index contributed by atoms with van der Waals surface area (Å²) in [5.74, 6) is 0.660. The van der Waals surface area contributed by atoms with Crippen molar-refractivity contribution in [1.82, 2.24) is 20.0 Å². The summed E-state index contributed by atoms with van der Waals surface area (Å²) in [4.78, 5) is 16.0. The number of rotatable bonds is 10. The largest absolute Gasteiger partial charge is 0.497 e. The molecule has 208 valence electrons. The molecule has 0 aliphatic carbocycles. The second kappa shape index (κ2) is 12.4. The Labute approximate surface area is 235 Å². The fraction of sp³-hybridized carbons (Fsp3) is 0.344. The molecular formula is C32H36N4O4. The van der Waals surface area contributed by atoms with Crippen LogP contribution in [0.5, 0.6) is 5.75 Å². The zero-order valence-corrected chi connectivity index (χ0v) is 23.2. The molecule has 0 amide bonds. The summed E-state index contributed by atoms with van der Waals surface area (Å²) < 4.78 is 11.3. The van der Waals surface area contributed by atoms with E-state index in [2.05, 4.69) is 88.4 Å². The van der Waals surface area contributed by atoms with Crippen molar-refractivity contribution >= 4 is 5.97 Å². The summed E-state index contributed by atoms with van der Waals surface area (Å²) >= 11 is 0. The highest BCUT2D eigenvalue weighted by atomic mass is 16.5.